The molecular formula is C10H17B. The summed E-state index contributed by atoms with van der Waals surface area (Å²) in [4.78, 5) is 0. The molecule has 60 valence electrons. The third-order valence-electron chi connectivity index (χ3n) is 1.62. The summed E-state index contributed by atoms with van der Waals surface area (Å²) in [6, 6.07) is 0. The molecule has 0 radical (unpaired) electrons. The fourth-order valence-electron chi connectivity index (χ4n) is 0.861. The molecule has 0 unspecified atom stereocenters. The molecule has 11 heavy (non-hydrogen) atoms. The molecule has 0 aliphatic rings. The molecule has 0 heterocycles. The monoisotopic (exact) mass is 148 g/mol. The van der Waals surface area contributed by atoms with Crippen LogP contribution in [-0.2, 0) is 0 Å². The van der Waals surface area contributed by atoms with E-state index in [1.54, 1.807) is 0 Å². The van der Waals surface area contributed by atoms with E-state index in [1.165, 1.54) is 10.9 Å². The number of hydrogen-bond acceptors (Lipinski definition) is 0. The van der Waals surface area contributed by atoms with Crippen molar-refractivity contribution in [3.05, 3.63) is 35.2 Å². The zero-order valence-electron chi connectivity index (χ0n) is 8.02. The van der Waals surface area contributed by atoms with Crippen molar-refractivity contribution in [3.63, 3.8) is 0 Å². The van der Waals surface area contributed by atoms with Crippen LogP contribution in [0.2, 0.25) is 0 Å². The van der Waals surface area contributed by atoms with Crippen LogP contribution in [-0.4, -0.2) is 7.28 Å². The molecule has 0 aromatic rings. The average Bonchev–Trinajstić information content (AvgIpc) is 2.00. The highest BCUT2D eigenvalue weighted by Crippen LogP contribution is 1.98. The second-order valence-electron chi connectivity index (χ2n) is 2.85. The minimum absolute atomic E-state index is 1.10. The van der Waals surface area contributed by atoms with E-state index >= 15 is 0 Å². The lowest BCUT2D eigenvalue weighted by Crippen LogP contribution is -1.93. The topological polar surface area (TPSA) is 0 Å². The van der Waals surface area contributed by atoms with Crippen molar-refractivity contribution in [2.45, 2.75) is 27.7 Å². The van der Waals surface area contributed by atoms with Gasteiger partial charge in [0, 0.05) is 0 Å². The Bertz CT molecular complexity index is 185. The van der Waals surface area contributed by atoms with E-state index in [0.29, 0.717) is 0 Å². The maximum Gasteiger partial charge on any atom is 0.180 e. The molecule has 0 saturated carbocycles. The summed E-state index contributed by atoms with van der Waals surface area (Å²) in [6.07, 6.45) is 8.45. The molecular weight excluding hydrogens is 131 g/mol. The van der Waals surface area contributed by atoms with Gasteiger partial charge in [0.2, 0.25) is 0 Å². The van der Waals surface area contributed by atoms with Gasteiger partial charge in [-0.1, -0.05) is 38.2 Å². The average molecular weight is 148 g/mol. The second-order valence-corrected chi connectivity index (χ2v) is 2.85. The van der Waals surface area contributed by atoms with Gasteiger partial charge >= 0.3 is 0 Å². The zero-order chi connectivity index (χ0) is 8.69. The van der Waals surface area contributed by atoms with Crippen molar-refractivity contribution in [3.8, 4) is 0 Å². The van der Waals surface area contributed by atoms with Crippen LogP contribution in [0.3, 0.4) is 0 Å². The van der Waals surface area contributed by atoms with Crippen molar-refractivity contribution in [2.24, 2.45) is 0 Å². The maximum absolute atomic E-state index is 2.16. The Balaban J connectivity index is 3.96. The van der Waals surface area contributed by atoms with Gasteiger partial charge in [-0.05, 0) is 13.8 Å². The van der Waals surface area contributed by atoms with Gasteiger partial charge in [-0.25, -0.2) is 0 Å². The quantitative estimate of drug-likeness (QED) is 0.426. The minimum atomic E-state index is 1.10. The van der Waals surface area contributed by atoms with E-state index in [9.17, 15) is 0 Å². The Morgan fingerprint density at radius 2 is 1.73 bits per heavy atom. The van der Waals surface area contributed by atoms with Gasteiger partial charge in [0.25, 0.3) is 0 Å². The van der Waals surface area contributed by atoms with Crippen LogP contribution < -0.4 is 0 Å². The highest BCUT2D eigenvalue weighted by molar-refractivity contribution is 6.53. The van der Waals surface area contributed by atoms with Gasteiger partial charge in [0.05, 0.1) is 0 Å². The standard InChI is InChI=1S/C10H17B/c1-5-7-8-10(4)11-9(3)6-2/h5-8,11H,1-4H3/b7-5-,9-6+,10-8+. The third kappa shape index (κ3) is 5.72. The van der Waals surface area contributed by atoms with Gasteiger partial charge in [0.1, 0.15) is 0 Å². The maximum atomic E-state index is 2.16. The van der Waals surface area contributed by atoms with Crippen LogP contribution in [0.4, 0.5) is 0 Å². The van der Waals surface area contributed by atoms with Crippen LogP contribution >= 0.6 is 0 Å². The van der Waals surface area contributed by atoms with Gasteiger partial charge in [0.15, 0.2) is 7.28 Å². The van der Waals surface area contributed by atoms with E-state index in [2.05, 4.69) is 45.1 Å². The summed E-state index contributed by atoms with van der Waals surface area (Å²) in [5.41, 5.74) is 2.85. The molecule has 0 rings (SSSR count). The highest BCUT2D eigenvalue weighted by atomic mass is 13.8. The fraction of sp³-hybridized carbons (Fsp3) is 0.400. The largest absolute Gasteiger partial charge is 0.180 e. The minimum Gasteiger partial charge on any atom is -0.107 e. The van der Waals surface area contributed by atoms with E-state index in [-0.39, 0.29) is 0 Å². The Hall–Kier alpha value is -0.715. The molecule has 0 aromatic carbocycles. The van der Waals surface area contributed by atoms with Crippen molar-refractivity contribution < 1.29 is 0 Å². The summed E-state index contributed by atoms with van der Waals surface area (Å²) in [5, 5.41) is 0. The summed E-state index contributed by atoms with van der Waals surface area (Å²) >= 11 is 0. The lowest BCUT2D eigenvalue weighted by atomic mass is 9.63. The summed E-state index contributed by atoms with van der Waals surface area (Å²) in [5.74, 6) is 0. The molecule has 0 saturated heterocycles. The van der Waals surface area contributed by atoms with E-state index in [4.69, 9.17) is 0 Å². The predicted molar refractivity (Wildman–Crippen MR) is 55.2 cm³/mol. The molecule has 0 N–H and O–H groups in total. The number of allylic oxidation sites excluding steroid dienone is 6. The molecule has 0 bridgehead atoms. The van der Waals surface area contributed by atoms with Crippen molar-refractivity contribution in [1.29, 1.82) is 0 Å². The van der Waals surface area contributed by atoms with Crippen LogP contribution in [0.15, 0.2) is 35.2 Å². The van der Waals surface area contributed by atoms with Crippen LogP contribution in [0, 0.1) is 0 Å². The van der Waals surface area contributed by atoms with Gasteiger partial charge < -0.3 is 0 Å². The molecule has 0 spiro atoms. The first kappa shape index (κ1) is 10.3. The third-order valence-corrected chi connectivity index (χ3v) is 1.62. The van der Waals surface area contributed by atoms with Gasteiger partial charge in [-0.15, -0.1) is 10.9 Å². The second kappa shape index (κ2) is 6.02. The van der Waals surface area contributed by atoms with Crippen LogP contribution in [0.5, 0.6) is 0 Å². The fourth-order valence-corrected chi connectivity index (χ4v) is 0.861. The summed E-state index contributed by atoms with van der Waals surface area (Å²) in [7, 11) is 1.10. The first-order chi connectivity index (χ1) is 5.20. The Labute approximate surface area is 70.9 Å². The van der Waals surface area contributed by atoms with Crippen molar-refractivity contribution >= 4 is 7.28 Å². The SMILES string of the molecule is C/C=C\C=C(/C)B/C(C)=C/C. The van der Waals surface area contributed by atoms with Gasteiger partial charge in [-0.2, -0.15) is 0 Å². The Morgan fingerprint density at radius 1 is 1.09 bits per heavy atom. The predicted octanol–water partition coefficient (Wildman–Crippen LogP) is 2.83. The molecule has 0 nitrogen and oxygen atoms in total. The van der Waals surface area contributed by atoms with E-state index < -0.39 is 0 Å². The number of rotatable bonds is 3. The van der Waals surface area contributed by atoms with Gasteiger partial charge in [-0.3, -0.25) is 0 Å². The summed E-state index contributed by atoms with van der Waals surface area (Å²) in [6.45, 7) is 8.44. The normalized spacial score (nSPS) is 14.2. The first-order valence-corrected chi connectivity index (χ1v) is 4.11. The lowest BCUT2D eigenvalue weighted by molar-refractivity contribution is 1.54. The van der Waals surface area contributed by atoms with Crippen molar-refractivity contribution in [1.82, 2.24) is 0 Å². The molecule has 0 aromatic heterocycles. The Morgan fingerprint density at radius 3 is 2.18 bits per heavy atom. The zero-order valence-corrected chi connectivity index (χ0v) is 8.02. The molecule has 1 heteroatoms. The molecule has 0 aliphatic heterocycles. The Kier molecular flexibility index (Phi) is 5.63. The summed E-state index contributed by atoms with van der Waals surface area (Å²) < 4.78 is 0. The lowest BCUT2D eigenvalue weighted by Gasteiger charge is -1.96. The van der Waals surface area contributed by atoms with Crippen LogP contribution in [0.1, 0.15) is 27.7 Å². The van der Waals surface area contributed by atoms with E-state index in [0.717, 1.165) is 7.28 Å². The molecule has 0 amide bonds. The highest BCUT2D eigenvalue weighted by Gasteiger charge is 1.91. The smallest absolute Gasteiger partial charge is 0.107 e. The van der Waals surface area contributed by atoms with Crippen molar-refractivity contribution in [2.75, 3.05) is 0 Å². The van der Waals surface area contributed by atoms with E-state index in [1.807, 2.05) is 6.92 Å². The van der Waals surface area contributed by atoms with Crippen LogP contribution in [0.25, 0.3) is 0 Å². The molecule has 0 atom stereocenters. The molecule has 0 fully saturated rings. The molecule has 0 aliphatic carbocycles. The first-order valence-electron chi connectivity index (χ1n) is 4.11. The number of hydrogen-bond donors (Lipinski definition) is 0.